The van der Waals surface area contributed by atoms with Crippen molar-refractivity contribution in [1.82, 2.24) is 4.57 Å². The number of benzene rings is 2. The van der Waals surface area contributed by atoms with E-state index in [1.807, 2.05) is 53.6 Å². The lowest BCUT2D eigenvalue weighted by Gasteiger charge is -2.03. The summed E-state index contributed by atoms with van der Waals surface area (Å²) in [6, 6.07) is 14.0. The zero-order valence-corrected chi connectivity index (χ0v) is 15.2. The summed E-state index contributed by atoms with van der Waals surface area (Å²) in [7, 11) is 1.92. The van der Waals surface area contributed by atoms with Crippen LogP contribution in [-0.2, 0) is 13.6 Å². The number of ketones is 1. The monoisotopic (exact) mass is 334 g/mol. The number of nitrogens with two attached hydrogens (primary N) is 1. The lowest BCUT2D eigenvalue weighted by atomic mass is 10.0. The number of Topliss-reactive ketones (excluding diaryl/α,β-unsaturated/α-hetero) is 1. The standard InChI is InChI=1S/C21H23N3O/c1-14-5-8-17(9-6-14)20(25)13-24-12-19(23(4)21(24)22)18-10-7-15(2)16(3)11-18/h5-12,22H,13H2,1-4H3/p+1. The van der Waals surface area contributed by atoms with Crippen LogP contribution < -0.4 is 10.3 Å². The molecule has 0 aliphatic heterocycles. The van der Waals surface area contributed by atoms with Gasteiger partial charge in [0.05, 0.1) is 7.05 Å². The maximum Gasteiger partial charge on any atom is 0.355 e. The van der Waals surface area contributed by atoms with Crippen LogP contribution in [0.5, 0.6) is 0 Å². The van der Waals surface area contributed by atoms with Gasteiger partial charge >= 0.3 is 5.95 Å². The molecule has 0 amide bonds. The average molecular weight is 334 g/mol. The van der Waals surface area contributed by atoms with Crippen molar-refractivity contribution in [2.45, 2.75) is 27.3 Å². The summed E-state index contributed by atoms with van der Waals surface area (Å²) in [6.45, 7) is 6.43. The second kappa shape index (κ2) is 6.55. The molecule has 4 heteroatoms. The van der Waals surface area contributed by atoms with E-state index in [1.165, 1.54) is 11.1 Å². The van der Waals surface area contributed by atoms with Crippen molar-refractivity contribution in [1.29, 1.82) is 0 Å². The number of carbonyl (C=O) groups excluding carboxylic acids is 1. The topological polar surface area (TPSA) is 51.9 Å². The van der Waals surface area contributed by atoms with E-state index in [9.17, 15) is 4.79 Å². The van der Waals surface area contributed by atoms with Crippen LogP contribution in [0.15, 0.2) is 48.7 Å². The molecular formula is C21H24N3O+. The molecule has 0 aliphatic rings. The Morgan fingerprint density at radius 1 is 1.04 bits per heavy atom. The Morgan fingerprint density at radius 2 is 1.72 bits per heavy atom. The summed E-state index contributed by atoms with van der Waals surface area (Å²) in [5, 5.41) is 0. The van der Waals surface area contributed by atoms with Crippen LogP contribution in [0.2, 0.25) is 0 Å². The third kappa shape index (κ3) is 3.33. The van der Waals surface area contributed by atoms with E-state index in [1.54, 1.807) is 0 Å². The van der Waals surface area contributed by atoms with Gasteiger partial charge in [-0.25, -0.2) is 9.13 Å². The highest BCUT2D eigenvalue weighted by Crippen LogP contribution is 2.22. The molecule has 0 bridgehead atoms. The molecule has 0 aliphatic carbocycles. The Kier molecular flexibility index (Phi) is 4.45. The predicted molar refractivity (Wildman–Crippen MR) is 100 cm³/mol. The number of hydrogen-bond donors (Lipinski definition) is 1. The van der Waals surface area contributed by atoms with Crippen molar-refractivity contribution in [3.63, 3.8) is 0 Å². The number of imidazole rings is 1. The molecule has 128 valence electrons. The van der Waals surface area contributed by atoms with Gasteiger partial charge in [0.25, 0.3) is 0 Å². The van der Waals surface area contributed by atoms with Gasteiger partial charge in [-0.3, -0.25) is 10.5 Å². The van der Waals surface area contributed by atoms with E-state index in [-0.39, 0.29) is 12.3 Å². The molecule has 25 heavy (non-hydrogen) atoms. The average Bonchev–Trinajstić information content (AvgIpc) is 2.86. The first kappa shape index (κ1) is 17.0. The lowest BCUT2D eigenvalue weighted by Crippen LogP contribution is -2.39. The van der Waals surface area contributed by atoms with Gasteiger partial charge in [0, 0.05) is 11.1 Å². The van der Waals surface area contributed by atoms with Crippen LogP contribution in [0, 0.1) is 20.8 Å². The summed E-state index contributed by atoms with van der Waals surface area (Å²) >= 11 is 0. The fraction of sp³-hybridized carbons (Fsp3) is 0.238. The van der Waals surface area contributed by atoms with Gasteiger partial charge in [0.2, 0.25) is 0 Å². The van der Waals surface area contributed by atoms with Crippen molar-refractivity contribution in [2.24, 2.45) is 7.05 Å². The van der Waals surface area contributed by atoms with Gasteiger partial charge < -0.3 is 0 Å². The minimum atomic E-state index is 0.0499. The molecule has 0 fully saturated rings. The van der Waals surface area contributed by atoms with E-state index in [2.05, 4.69) is 32.0 Å². The quantitative estimate of drug-likeness (QED) is 0.587. The highest BCUT2D eigenvalue weighted by Gasteiger charge is 2.20. The normalized spacial score (nSPS) is 10.9. The van der Waals surface area contributed by atoms with Gasteiger partial charge in [0.15, 0.2) is 5.78 Å². The van der Waals surface area contributed by atoms with E-state index < -0.39 is 0 Å². The van der Waals surface area contributed by atoms with Crippen molar-refractivity contribution in [2.75, 3.05) is 5.73 Å². The van der Waals surface area contributed by atoms with E-state index in [0.29, 0.717) is 11.5 Å². The second-order valence-corrected chi connectivity index (χ2v) is 6.65. The number of nitrogens with zero attached hydrogens (tertiary/aromatic N) is 2. The highest BCUT2D eigenvalue weighted by molar-refractivity contribution is 5.95. The molecule has 1 aromatic heterocycles. The lowest BCUT2D eigenvalue weighted by molar-refractivity contribution is -0.667. The van der Waals surface area contributed by atoms with Gasteiger partial charge in [-0.05, 0) is 38.0 Å². The summed E-state index contributed by atoms with van der Waals surface area (Å²) in [4.78, 5) is 12.5. The first-order valence-corrected chi connectivity index (χ1v) is 8.39. The van der Waals surface area contributed by atoms with Crippen LogP contribution in [0.3, 0.4) is 0 Å². The molecule has 0 unspecified atom stereocenters. The maximum atomic E-state index is 12.5. The molecule has 0 spiro atoms. The summed E-state index contributed by atoms with van der Waals surface area (Å²) < 4.78 is 3.74. The second-order valence-electron chi connectivity index (χ2n) is 6.65. The van der Waals surface area contributed by atoms with Crippen molar-refractivity contribution < 1.29 is 9.36 Å². The third-order valence-corrected chi connectivity index (χ3v) is 4.77. The van der Waals surface area contributed by atoms with E-state index in [4.69, 9.17) is 5.73 Å². The number of anilines is 1. The number of aryl methyl sites for hydroxylation is 3. The van der Waals surface area contributed by atoms with Crippen LogP contribution in [-0.4, -0.2) is 10.4 Å². The Balaban J connectivity index is 1.92. The van der Waals surface area contributed by atoms with Crippen LogP contribution >= 0.6 is 0 Å². The minimum Gasteiger partial charge on any atom is -0.291 e. The molecule has 2 aromatic carbocycles. The molecule has 2 N–H and O–H groups in total. The first-order chi connectivity index (χ1) is 11.9. The number of hydrogen-bond acceptors (Lipinski definition) is 2. The summed E-state index contributed by atoms with van der Waals surface area (Å²) in [5.41, 5.74) is 12.7. The number of rotatable bonds is 4. The van der Waals surface area contributed by atoms with E-state index in [0.717, 1.165) is 16.8 Å². The first-order valence-electron chi connectivity index (χ1n) is 8.39. The van der Waals surface area contributed by atoms with Crippen molar-refractivity contribution in [3.05, 3.63) is 70.9 Å². The smallest absolute Gasteiger partial charge is 0.291 e. The Labute approximate surface area is 148 Å². The molecule has 0 saturated carbocycles. The van der Waals surface area contributed by atoms with Crippen LogP contribution in [0.25, 0.3) is 11.3 Å². The van der Waals surface area contributed by atoms with Gasteiger partial charge in [-0.2, -0.15) is 0 Å². The summed E-state index contributed by atoms with van der Waals surface area (Å²) in [5.74, 6) is 0.614. The molecule has 0 atom stereocenters. The molecule has 0 saturated heterocycles. The number of carbonyl (C=O) groups is 1. The molecular weight excluding hydrogens is 310 g/mol. The van der Waals surface area contributed by atoms with Crippen molar-refractivity contribution >= 4 is 11.7 Å². The van der Waals surface area contributed by atoms with Crippen LogP contribution in [0.1, 0.15) is 27.0 Å². The van der Waals surface area contributed by atoms with E-state index >= 15 is 0 Å². The third-order valence-electron chi connectivity index (χ3n) is 4.77. The van der Waals surface area contributed by atoms with Gasteiger partial charge in [0.1, 0.15) is 18.4 Å². The zero-order chi connectivity index (χ0) is 18.1. The Hall–Kier alpha value is -2.88. The SMILES string of the molecule is Cc1ccc(C(=O)C[n+]2cc(-c3ccc(C)c(C)c3)n(C)c2N)cc1. The Bertz CT molecular complexity index is 937. The molecule has 1 heterocycles. The fourth-order valence-electron chi connectivity index (χ4n) is 2.90. The molecule has 4 nitrogen and oxygen atoms in total. The maximum absolute atomic E-state index is 12.5. The van der Waals surface area contributed by atoms with Gasteiger partial charge in [-0.15, -0.1) is 0 Å². The highest BCUT2D eigenvalue weighted by atomic mass is 16.1. The number of nitrogen functional groups attached to an aromatic ring is 1. The predicted octanol–water partition coefficient (Wildman–Crippen LogP) is 3.37. The molecule has 3 aromatic rings. The molecule has 0 radical (unpaired) electrons. The van der Waals surface area contributed by atoms with Crippen molar-refractivity contribution in [3.8, 4) is 11.3 Å². The zero-order valence-electron chi connectivity index (χ0n) is 15.2. The van der Waals surface area contributed by atoms with Gasteiger partial charge in [-0.1, -0.05) is 42.0 Å². The Morgan fingerprint density at radius 3 is 2.36 bits per heavy atom. The largest absolute Gasteiger partial charge is 0.355 e. The fourth-order valence-corrected chi connectivity index (χ4v) is 2.90. The number of aromatic nitrogens is 2. The van der Waals surface area contributed by atoms with Crippen LogP contribution in [0.4, 0.5) is 5.95 Å². The summed E-state index contributed by atoms with van der Waals surface area (Å²) in [6.07, 6.45) is 1.95. The minimum absolute atomic E-state index is 0.0499. The molecule has 3 rings (SSSR count).